The summed E-state index contributed by atoms with van der Waals surface area (Å²) < 4.78 is 5.09. The van der Waals surface area contributed by atoms with Crippen molar-refractivity contribution in [1.82, 2.24) is 5.16 Å². The van der Waals surface area contributed by atoms with Gasteiger partial charge in [0, 0.05) is 22.6 Å². The first-order valence-electron chi connectivity index (χ1n) is 6.12. The van der Waals surface area contributed by atoms with Gasteiger partial charge in [0.05, 0.1) is 10.5 Å². The molecule has 0 unspecified atom stereocenters. The summed E-state index contributed by atoms with van der Waals surface area (Å²) in [6, 6.07) is 8.45. The van der Waals surface area contributed by atoms with Crippen LogP contribution in [0.4, 0.5) is 11.6 Å². The van der Waals surface area contributed by atoms with Crippen LogP contribution in [0.2, 0.25) is 0 Å². The number of nitrogens with zero attached hydrogens (tertiary/aromatic N) is 2. The first-order valence-corrected chi connectivity index (χ1v) is 7.00. The molecule has 2 heterocycles. The molecule has 0 saturated heterocycles. The molecule has 6 nitrogen and oxygen atoms in total. The zero-order chi connectivity index (χ0) is 15.0. The van der Waals surface area contributed by atoms with Gasteiger partial charge in [-0.2, -0.15) is 0 Å². The largest absolute Gasteiger partial charge is 0.367 e. The Hall–Kier alpha value is -2.67. The van der Waals surface area contributed by atoms with Gasteiger partial charge in [0.2, 0.25) is 5.88 Å². The van der Waals surface area contributed by atoms with E-state index in [9.17, 15) is 10.1 Å². The number of non-ortho nitro benzene ring substituents is 1. The molecule has 1 aromatic carbocycles. The Morgan fingerprint density at radius 2 is 2.19 bits per heavy atom. The third-order valence-corrected chi connectivity index (χ3v) is 4.06. The van der Waals surface area contributed by atoms with Gasteiger partial charge in [0.25, 0.3) is 5.69 Å². The van der Waals surface area contributed by atoms with Crippen molar-refractivity contribution in [1.29, 1.82) is 0 Å². The van der Waals surface area contributed by atoms with E-state index in [4.69, 9.17) is 10.3 Å². The van der Waals surface area contributed by atoms with Crippen LogP contribution in [0.3, 0.4) is 0 Å². The normalized spacial score (nSPS) is 10.7. The number of thiophene rings is 1. The molecule has 0 aliphatic carbocycles. The summed E-state index contributed by atoms with van der Waals surface area (Å²) in [7, 11) is 0. The van der Waals surface area contributed by atoms with E-state index in [1.807, 2.05) is 24.4 Å². The van der Waals surface area contributed by atoms with Crippen molar-refractivity contribution in [2.75, 3.05) is 5.73 Å². The number of nitro groups is 1. The van der Waals surface area contributed by atoms with Gasteiger partial charge in [-0.25, -0.2) is 0 Å². The number of benzene rings is 1. The maximum atomic E-state index is 11.0. The highest BCUT2D eigenvalue weighted by atomic mass is 32.1. The summed E-state index contributed by atoms with van der Waals surface area (Å²) in [5, 5.41) is 16.9. The maximum absolute atomic E-state index is 11.0. The van der Waals surface area contributed by atoms with E-state index in [0.717, 1.165) is 10.4 Å². The number of nitrogens with two attached hydrogens (primary N) is 1. The van der Waals surface area contributed by atoms with E-state index < -0.39 is 4.92 Å². The van der Waals surface area contributed by atoms with Crippen molar-refractivity contribution in [3.05, 3.63) is 51.4 Å². The third-order valence-electron chi connectivity index (χ3n) is 3.17. The average Bonchev–Trinajstić information content (AvgIpc) is 3.08. The van der Waals surface area contributed by atoms with Gasteiger partial charge in [-0.3, -0.25) is 10.1 Å². The van der Waals surface area contributed by atoms with Gasteiger partial charge < -0.3 is 10.3 Å². The summed E-state index contributed by atoms with van der Waals surface area (Å²) >= 11 is 1.51. The number of nitrogen functional groups attached to an aromatic ring is 1. The van der Waals surface area contributed by atoms with Crippen molar-refractivity contribution < 1.29 is 9.45 Å². The Morgan fingerprint density at radius 3 is 2.86 bits per heavy atom. The van der Waals surface area contributed by atoms with Crippen LogP contribution in [-0.4, -0.2) is 10.1 Å². The van der Waals surface area contributed by atoms with E-state index in [2.05, 4.69) is 5.16 Å². The molecule has 106 valence electrons. The lowest BCUT2D eigenvalue weighted by molar-refractivity contribution is -0.384. The Labute approximate surface area is 124 Å². The Morgan fingerprint density at radius 1 is 1.38 bits per heavy atom. The zero-order valence-electron chi connectivity index (χ0n) is 11.1. The number of nitro benzene ring substituents is 1. The highest BCUT2D eigenvalue weighted by Crippen LogP contribution is 2.40. The second kappa shape index (κ2) is 5.02. The molecule has 0 bridgehead atoms. The van der Waals surface area contributed by atoms with E-state index >= 15 is 0 Å². The number of hydrogen-bond acceptors (Lipinski definition) is 6. The second-order valence-corrected chi connectivity index (χ2v) is 5.45. The monoisotopic (exact) mass is 301 g/mol. The van der Waals surface area contributed by atoms with Crippen LogP contribution in [-0.2, 0) is 0 Å². The fraction of sp³-hybridized carbons (Fsp3) is 0.0714. The van der Waals surface area contributed by atoms with Gasteiger partial charge >= 0.3 is 0 Å². The summed E-state index contributed by atoms with van der Waals surface area (Å²) in [6.45, 7) is 1.86. The minimum absolute atomic E-state index is 0.00861. The van der Waals surface area contributed by atoms with E-state index in [0.29, 0.717) is 16.8 Å². The van der Waals surface area contributed by atoms with Crippen molar-refractivity contribution in [3.63, 3.8) is 0 Å². The highest BCUT2D eigenvalue weighted by molar-refractivity contribution is 7.13. The number of anilines is 1. The molecule has 3 rings (SSSR count). The number of rotatable bonds is 3. The van der Waals surface area contributed by atoms with Crippen LogP contribution in [0.25, 0.3) is 21.7 Å². The van der Waals surface area contributed by atoms with E-state index in [-0.39, 0.29) is 11.6 Å². The maximum Gasteiger partial charge on any atom is 0.270 e. The number of hydrogen-bond donors (Lipinski definition) is 1. The van der Waals surface area contributed by atoms with Crippen LogP contribution in [0.5, 0.6) is 0 Å². The van der Waals surface area contributed by atoms with Gasteiger partial charge in [-0.05, 0) is 23.9 Å². The SMILES string of the molecule is Cc1ccc([N+](=O)[O-])cc1-c1noc(N)c1-c1cccs1. The summed E-state index contributed by atoms with van der Waals surface area (Å²) in [6.07, 6.45) is 0. The molecule has 0 radical (unpaired) electrons. The minimum atomic E-state index is -0.433. The number of aryl methyl sites for hydroxylation is 1. The topological polar surface area (TPSA) is 95.2 Å². The zero-order valence-corrected chi connectivity index (χ0v) is 11.9. The van der Waals surface area contributed by atoms with Crippen LogP contribution >= 0.6 is 11.3 Å². The number of aromatic nitrogens is 1. The molecule has 0 fully saturated rings. The predicted octanol–water partition coefficient (Wildman–Crippen LogP) is 3.87. The minimum Gasteiger partial charge on any atom is -0.367 e. The molecule has 0 saturated carbocycles. The molecular weight excluding hydrogens is 290 g/mol. The lowest BCUT2D eigenvalue weighted by atomic mass is 10.0. The van der Waals surface area contributed by atoms with Crippen LogP contribution in [0.1, 0.15) is 5.56 Å². The van der Waals surface area contributed by atoms with Crippen molar-refractivity contribution in [3.8, 4) is 21.7 Å². The fourth-order valence-electron chi connectivity index (χ4n) is 2.12. The lowest BCUT2D eigenvalue weighted by Gasteiger charge is -2.04. The molecule has 2 aromatic heterocycles. The molecule has 0 aliphatic rings. The predicted molar refractivity (Wildman–Crippen MR) is 81.1 cm³/mol. The summed E-state index contributed by atoms with van der Waals surface area (Å²) in [5.74, 6) is 0.207. The van der Waals surface area contributed by atoms with Crippen molar-refractivity contribution in [2.24, 2.45) is 0 Å². The van der Waals surface area contributed by atoms with Crippen LogP contribution in [0, 0.1) is 17.0 Å². The molecule has 3 aromatic rings. The van der Waals surface area contributed by atoms with Gasteiger partial charge in [0.1, 0.15) is 5.69 Å². The molecule has 0 aliphatic heterocycles. The Balaban J connectivity index is 2.23. The van der Waals surface area contributed by atoms with Gasteiger partial charge in [-0.15, -0.1) is 11.3 Å². The smallest absolute Gasteiger partial charge is 0.270 e. The first kappa shape index (κ1) is 13.3. The van der Waals surface area contributed by atoms with E-state index in [1.54, 1.807) is 6.07 Å². The van der Waals surface area contributed by atoms with Gasteiger partial charge in [0.15, 0.2) is 0 Å². The quantitative estimate of drug-likeness (QED) is 0.585. The summed E-state index contributed by atoms with van der Waals surface area (Å²) in [4.78, 5) is 11.4. The van der Waals surface area contributed by atoms with Crippen molar-refractivity contribution in [2.45, 2.75) is 6.92 Å². The van der Waals surface area contributed by atoms with Crippen LogP contribution in [0.15, 0.2) is 40.2 Å². The van der Waals surface area contributed by atoms with Gasteiger partial charge in [-0.1, -0.05) is 17.3 Å². The van der Waals surface area contributed by atoms with Crippen molar-refractivity contribution >= 4 is 22.9 Å². The van der Waals surface area contributed by atoms with Crippen LogP contribution < -0.4 is 5.73 Å². The third kappa shape index (κ3) is 2.27. The average molecular weight is 301 g/mol. The second-order valence-electron chi connectivity index (χ2n) is 4.50. The molecular formula is C14H11N3O3S. The molecule has 7 heteroatoms. The first-order chi connectivity index (χ1) is 10.1. The Bertz CT molecular complexity index is 809. The molecule has 0 amide bonds. The fourth-order valence-corrected chi connectivity index (χ4v) is 2.90. The molecule has 0 atom stereocenters. The molecule has 2 N–H and O–H groups in total. The highest BCUT2D eigenvalue weighted by Gasteiger charge is 2.21. The molecule has 21 heavy (non-hydrogen) atoms. The standard InChI is InChI=1S/C14H11N3O3S/c1-8-4-5-9(17(18)19)7-10(8)13-12(14(15)20-16-13)11-3-2-6-21-11/h2-7H,15H2,1H3. The van der Waals surface area contributed by atoms with E-state index in [1.165, 1.54) is 23.5 Å². The molecule has 0 spiro atoms. The Kier molecular flexibility index (Phi) is 3.19. The lowest BCUT2D eigenvalue weighted by Crippen LogP contribution is -1.92. The summed E-state index contributed by atoms with van der Waals surface area (Å²) in [5.41, 5.74) is 8.58.